The largest absolute Gasteiger partial charge is 0.444 e. The van der Waals surface area contributed by atoms with Crippen LogP contribution in [0.5, 0.6) is 0 Å². The number of carbonyl (C=O) groups excluding carboxylic acids is 2. The number of hydrogen-bond donors (Lipinski definition) is 2. The summed E-state index contributed by atoms with van der Waals surface area (Å²) in [6.07, 6.45) is -0.320. The van der Waals surface area contributed by atoms with Crippen LogP contribution in [0, 0.1) is 11.6 Å². The number of nitrogens with one attached hydrogen (secondary N) is 1. The lowest BCUT2D eigenvalue weighted by atomic mass is 9.95. The first kappa shape index (κ1) is 26.7. The van der Waals surface area contributed by atoms with Crippen LogP contribution in [-0.2, 0) is 22.6 Å². The highest BCUT2D eigenvalue weighted by atomic mass is 28.3. The lowest BCUT2D eigenvalue weighted by molar-refractivity contribution is -0.122. The molecule has 0 aliphatic carbocycles. The van der Waals surface area contributed by atoms with Crippen LogP contribution in [0.2, 0.25) is 19.1 Å². The van der Waals surface area contributed by atoms with E-state index in [-0.39, 0.29) is 24.0 Å². The summed E-state index contributed by atoms with van der Waals surface area (Å²) in [4.78, 5) is 32.1. The molecule has 2 aromatic rings. The van der Waals surface area contributed by atoms with Crippen LogP contribution in [0.1, 0.15) is 50.7 Å². The SMILES string of the molecule is CC[Si](C)(C)c1c(F)cc(NC(=O)C2c3ccc(CO)nc3CCN2C(=O)OC(C)(C)C)cc1F. The zero-order valence-corrected chi connectivity index (χ0v) is 22.0. The van der Waals surface area contributed by atoms with Gasteiger partial charge in [0.2, 0.25) is 0 Å². The molecular formula is C25H33F2N3O4Si. The molecule has 1 aromatic carbocycles. The molecule has 35 heavy (non-hydrogen) atoms. The van der Waals surface area contributed by atoms with Crippen LogP contribution < -0.4 is 10.5 Å². The molecule has 2 heterocycles. The average molecular weight is 506 g/mol. The molecule has 10 heteroatoms. The number of nitrogens with zero attached hydrogens (tertiary/aromatic N) is 2. The number of aliphatic hydroxyl groups is 1. The van der Waals surface area contributed by atoms with Crippen molar-refractivity contribution in [1.82, 2.24) is 9.88 Å². The standard InChI is InChI=1S/C25H33F2N3O4Si/c1-7-35(5,6)22-18(26)12-16(13-19(22)27)29-23(32)21-17-9-8-15(14-31)28-20(17)10-11-30(21)24(33)34-25(2,3)4/h8-9,12-13,21,31H,7,10-11,14H2,1-6H3,(H,29,32). The minimum atomic E-state index is -2.30. The number of aromatic nitrogens is 1. The third kappa shape index (κ3) is 5.87. The van der Waals surface area contributed by atoms with E-state index in [4.69, 9.17) is 4.74 Å². The van der Waals surface area contributed by atoms with Crippen molar-refractivity contribution in [2.75, 3.05) is 11.9 Å². The Balaban J connectivity index is 1.99. The number of halogens is 2. The number of amides is 2. The minimum Gasteiger partial charge on any atom is -0.444 e. The second-order valence-corrected chi connectivity index (χ2v) is 15.3. The van der Waals surface area contributed by atoms with Gasteiger partial charge in [-0.3, -0.25) is 14.7 Å². The minimum absolute atomic E-state index is 0.0362. The Morgan fingerprint density at radius 3 is 2.40 bits per heavy atom. The maximum absolute atomic E-state index is 14.9. The van der Waals surface area contributed by atoms with Crippen LogP contribution in [0.15, 0.2) is 24.3 Å². The molecule has 190 valence electrons. The monoisotopic (exact) mass is 505 g/mol. The molecule has 3 rings (SSSR count). The molecule has 2 N–H and O–H groups in total. The van der Waals surface area contributed by atoms with E-state index in [9.17, 15) is 23.5 Å². The predicted molar refractivity (Wildman–Crippen MR) is 132 cm³/mol. The fourth-order valence-electron chi connectivity index (χ4n) is 4.10. The van der Waals surface area contributed by atoms with E-state index in [1.807, 2.05) is 20.0 Å². The first-order valence-electron chi connectivity index (χ1n) is 11.7. The second kappa shape index (κ2) is 10.0. The van der Waals surface area contributed by atoms with Gasteiger partial charge < -0.3 is 15.2 Å². The Kier molecular flexibility index (Phi) is 7.66. The summed E-state index contributed by atoms with van der Waals surface area (Å²) < 4.78 is 35.4. The first-order valence-corrected chi connectivity index (χ1v) is 14.9. The van der Waals surface area contributed by atoms with Gasteiger partial charge in [0.1, 0.15) is 23.3 Å². The highest BCUT2D eigenvalue weighted by Gasteiger charge is 2.39. The predicted octanol–water partition coefficient (Wildman–Crippen LogP) is 4.26. The Labute approximate surface area is 205 Å². The number of anilines is 1. The topological polar surface area (TPSA) is 91.8 Å². The molecule has 0 spiro atoms. The van der Waals surface area contributed by atoms with Crippen LogP contribution in [0.4, 0.5) is 19.3 Å². The second-order valence-electron chi connectivity index (χ2n) is 10.4. The van der Waals surface area contributed by atoms with Crippen molar-refractivity contribution in [3.8, 4) is 0 Å². The van der Waals surface area contributed by atoms with Gasteiger partial charge in [-0.2, -0.15) is 0 Å². The molecule has 1 atom stereocenters. The molecular weight excluding hydrogens is 472 g/mol. The summed E-state index contributed by atoms with van der Waals surface area (Å²) in [7, 11) is -2.30. The van der Waals surface area contributed by atoms with Crippen molar-refractivity contribution >= 4 is 30.9 Å². The maximum Gasteiger partial charge on any atom is 0.411 e. The van der Waals surface area contributed by atoms with Crippen molar-refractivity contribution in [3.05, 3.63) is 52.9 Å². The summed E-state index contributed by atoms with van der Waals surface area (Å²) in [5, 5.41) is 12.1. The van der Waals surface area contributed by atoms with Crippen molar-refractivity contribution in [2.24, 2.45) is 0 Å². The fourth-order valence-corrected chi connectivity index (χ4v) is 5.89. The van der Waals surface area contributed by atoms with Gasteiger partial charge in [0.15, 0.2) is 0 Å². The van der Waals surface area contributed by atoms with Gasteiger partial charge >= 0.3 is 6.09 Å². The molecule has 1 aromatic heterocycles. The lowest BCUT2D eigenvalue weighted by Gasteiger charge is -2.36. The van der Waals surface area contributed by atoms with Crippen molar-refractivity contribution in [2.45, 2.75) is 71.5 Å². The fraction of sp³-hybridized carbons (Fsp3) is 0.480. The molecule has 0 radical (unpaired) electrons. The van der Waals surface area contributed by atoms with E-state index in [0.717, 1.165) is 12.1 Å². The Morgan fingerprint density at radius 1 is 1.23 bits per heavy atom. The van der Waals surface area contributed by atoms with Crippen LogP contribution in [0.3, 0.4) is 0 Å². The molecule has 0 saturated heterocycles. The highest BCUT2D eigenvalue weighted by Crippen LogP contribution is 2.32. The zero-order chi connectivity index (χ0) is 26.1. The first-order chi connectivity index (χ1) is 16.3. The summed E-state index contributed by atoms with van der Waals surface area (Å²) >= 11 is 0. The number of hydrogen-bond acceptors (Lipinski definition) is 5. The molecule has 7 nitrogen and oxygen atoms in total. The number of rotatable bonds is 5. The zero-order valence-electron chi connectivity index (χ0n) is 21.0. The molecule has 1 aliphatic heterocycles. The normalized spacial score (nSPS) is 16.0. The van der Waals surface area contributed by atoms with E-state index in [2.05, 4.69) is 10.3 Å². The molecule has 1 unspecified atom stereocenters. The smallest absolute Gasteiger partial charge is 0.411 e. The van der Waals surface area contributed by atoms with E-state index in [1.54, 1.807) is 32.9 Å². The third-order valence-electron chi connectivity index (χ3n) is 6.17. The number of pyridine rings is 1. The van der Waals surface area contributed by atoms with Crippen molar-refractivity contribution in [1.29, 1.82) is 0 Å². The van der Waals surface area contributed by atoms with E-state index < -0.39 is 43.4 Å². The number of carbonyl (C=O) groups is 2. The van der Waals surface area contributed by atoms with Gasteiger partial charge in [-0.25, -0.2) is 13.6 Å². The number of ether oxygens (including phenoxy) is 1. The quantitative estimate of drug-likeness (QED) is 0.593. The van der Waals surface area contributed by atoms with Gasteiger partial charge in [-0.15, -0.1) is 0 Å². The average Bonchev–Trinajstić information content (AvgIpc) is 2.75. The molecule has 0 fully saturated rings. The third-order valence-corrected chi connectivity index (χ3v) is 9.77. The molecule has 1 aliphatic rings. The Bertz CT molecular complexity index is 1110. The summed E-state index contributed by atoms with van der Waals surface area (Å²) in [5.74, 6) is -2.03. The van der Waals surface area contributed by atoms with E-state index in [0.29, 0.717) is 29.4 Å². The van der Waals surface area contributed by atoms with Crippen molar-refractivity contribution in [3.63, 3.8) is 0 Å². The van der Waals surface area contributed by atoms with E-state index >= 15 is 0 Å². The van der Waals surface area contributed by atoms with Gasteiger partial charge in [0, 0.05) is 35.1 Å². The Morgan fingerprint density at radius 2 is 1.86 bits per heavy atom. The Hall–Kier alpha value is -2.85. The van der Waals surface area contributed by atoms with Gasteiger partial charge in [0.25, 0.3) is 5.91 Å². The number of aliphatic hydroxyl groups excluding tert-OH is 1. The highest BCUT2D eigenvalue weighted by molar-refractivity contribution is 6.89. The van der Waals surface area contributed by atoms with Crippen LogP contribution in [0.25, 0.3) is 0 Å². The summed E-state index contributed by atoms with van der Waals surface area (Å²) in [5.41, 5.74) is 0.658. The number of benzene rings is 1. The molecule has 0 saturated carbocycles. The molecule has 0 bridgehead atoms. The summed E-state index contributed by atoms with van der Waals surface area (Å²) in [6, 6.07) is 4.99. The summed E-state index contributed by atoms with van der Waals surface area (Å²) in [6.45, 7) is 10.7. The van der Waals surface area contributed by atoms with Gasteiger partial charge in [-0.1, -0.05) is 32.1 Å². The van der Waals surface area contributed by atoms with Crippen molar-refractivity contribution < 1.29 is 28.2 Å². The van der Waals surface area contributed by atoms with Gasteiger partial charge in [-0.05, 0) is 39.0 Å². The van der Waals surface area contributed by atoms with Gasteiger partial charge in [0.05, 0.1) is 20.4 Å². The van der Waals surface area contributed by atoms with Crippen LogP contribution in [-0.4, -0.2) is 47.2 Å². The van der Waals surface area contributed by atoms with Crippen LogP contribution >= 0.6 is 0 Å². The number of fused-ring (bicyclic) bond motifs is 1. The molecule has 2 amide bonds. The maximum atomic E-state index is 14.9. The van der Waals surface area contributed by atoms with E-state index in [1.165, 1.54) is 4.90 Å². The lowest BCUT2D eigenvalue weighted by Crippen LogP contribution is -2.47.